The van der Waals surface area contributed by atoms with Gasteiger partial charge in [0.15, 0.2) is 0 Å². The van der Waals surface area contributed by atoms with Crippen molar-refractivity contribution in [3.05, 3.63) is 72.9 Å². The van der Waals surface area contributed by atoms with Crippen LogP contribution in [0.4, 0.5) is 0 Å². The Hall–Kier alpha value is -3.39. The summed E-state index contributed by atoms with van der Waals surface area (Å²) in [6.07, 6.45) is 19.0. The van der Waals surface area contributed by atoms with Crippen LogP contribution >= 0.6 is 0 Å². The highest BCUT2D eigenvalue weighted by Gasteiger charge is 1.98. The predicted molar refractivity (Wildman–Crippen MR) is 159 cm³/mol. The molecule has 0 radical (unpaired) electrons. The number of esters is 2. The number of aliphatic hydroxyl groups is 2. The summed E-state index contributed by atoms with van der Waals surface area (Å²) in [7, 11) is 0. The van der Waals surface area contributed by atoms with Crippen molar-refractivity contribution in [2.45, 2.75) is 20.8 Å². The highest BCUT2D eigenvalue weighted by molar-refractivity contribution is 5.82. The van der Waals surface area contributed by atoms with E-state index in [9.17, 15) is 14.4 Å². The van der Waals surface area contributed by atoms with Crippen molar-refractivity contribution in [1.29, 1.82) is 0 Å². The average molecular weight is 601 g/mol. The summed E-state index contributed by atoms with van der Waals surface area (Å²) in [6, 6.07) is 0. The maximum Gasteiger partial charge on any atom is 0.330 e. The molecular formula is C30H48O12. The van der Waals surface area contributed by atoms with Gasteiger partial charge in [-0.3, -0.25) is 0 Å². The highest BCUT2D eigenvalue weighted by atomic mass is 16.6. The quantitative estimate of drug-likeness (QED) is 0.0720. The van der Waals surface area contributed by atoms with Gasteiger partial charge in [-0.15, -0.1) is 0 Å². The minimum atomic E-state index is -0.914. The van der Waals surface area contributed by atoms with Crippen LogP contribution in [0.1, 0.15) is 20.8 Å². The molecule has 0 fully saturated rings. The number of allylic oxidation sites excluding steroid dienone is 9. The first-order valence-corrected chi connectivity index (χ1v) is 13.4. The number of hydrogen-bond acceptors (Lipinski definition) is 11. The maximum atomic E-state index is 11.2. The van der Waals surface area contributed by atoms with Crippen LogP contribution < -0.4 is 0 Å². The van der Waals surface area contributed by atoms with Gasteiger partial charge in [0.1, 0.15) is 13.2 Å². The van der Waals surface area contributed by atoms with Crippen molar-refractivity contribution >= 4 is 17.9 Å². The zero-order valence-corrected chi connectivity index (χ0v) is 24.9. The molecule has 42 heavy (non-hydrogen) atoms. The summed E-state index contributed by atoms with van der Waals surface area (Å²) in [4.78, 5) is 32.1. The standard InChI is InChI=1S/C18H26O6.C6H14O4.C6H8O2/c1-3-5-7-9-17(19)23-15-13-21-11-12-22-14-16-24-18(20)10-8-6-4-2;7-1-3-9-5-6-10-4-2-8;1-2-3-4-5-6(7)8/h3-10H,11-16H2,1-2H3;7-8H,1-6H2;2-5H,1H3,(H,7,8)/b5-3+,6-4+,9-7+,10-8+;;3-2+,5-4+. The molecule has 0 bridgehead atoms. The Morgan fingerprint density at radius 3 is 1.10 bits per heavy atom. The minimum absolute atomic E-state index is 0.0417. The summed E-state index contributed by atoms with van der Waals surface area (Å²) in [5, 5.41) is 24.5. The summed E-state index contributed by atoms with van der Waals surface area (Å²) >= 11 is 0. The topological polar surface area (TPSA) is 167 Å². The number of aliphatic hydroxyl groups excluding tert-OH is 2. The van der Waals surface area contributed by atoms with Gasteiger partial charge in [0.25, 0.3) is 0 Å². The van der Waals surface area contributed by atoms with E-state index < -0.39 is 17.9 Å². The van der Waals surface area contributed by atoms with Gasteiger partial charge in [-0.1, -0.05) is 54.7 Å². The minimum Gasteiger partial charge on any atom is -0.478 e. The van der Waals surface area contributed by atoms with Crippen LogP contribution in [0.25, 0.3) is 0 Å². The maximum absolute atomic E-state index is 11.2. The molecule has 0 aliphatic heterocycles. The second kappa shape index (κ2) is 39.8. The third kappa shape index (κ3) is 46.5. The lowest BCUT2D eigenvalue weighted by Crippen LogP contribution is -2.14. The molecule has 0 saturated heterocycles. The summed E-state index contributed by atoms with van der Waals surface area (Å²) < 4.78 is 30.0. The number of ether oxygens (including phenoxy) is 6. The summed E-state index contributed by atoms with van der Waals surface area (Å²) in [5.74, 6) is -1.72. The van der Waals surface area contributed by atoms with E-state index in [-0.39, 0.29) is 26.4 Å². The van der Waals surface area contributed by atoms with Crippen LogP contribution in [-0.4, -0.2) is 113 Å². The third-order valence-corrected chi connectivity index (χ3v) is 3.77. The summed E-state index contributed by atoms with van der Waals surface area (Å²) in [5.41, 5.74) is 0. The van der Waals surface area contributed by atoms with Crippen LogP contribution in [-0.2, 0) is 42.8 Å². The van der Waals surface area contributed by atoms with Crippen molar-refractivity contribution < 1.29 is 58.1 Å². The van der Waals surface area contributed by atoms with Crippen molar-refractivity contribution in [1.82, 2.24) is 0 Å². The monoisotopic (exact) mass is 600 g/mol. The molecule has 0 rings (SSSR count). The number of rotatable bonds is 22. The number of carboxylic acid groups (broad SMARTS) is 1. The molecule has 0 aliphatic carbocycles. The lowest BCUT2D eigenvalue weighted by atomic mass is 10.4. The van der Waals surface area contributed by atoms with E-state index in [1.54, 1.807) is 36.5 Å². The Labute approximate surface area is 249 Å². The molecule has 0 atom stereocenters. The molecule has 0 amide bonds. The molecular weight excluding hydrogens is 552 g/mol. The molecule has 0 saturated carbocycles. The Balaban J connectivity index is -0.000000688. The van der Waals surface area contributed by atoms with Gasteiger partial charge in [-0.2, -0.15) is 0 Å². The van der Waals surface area contributed by atoms with Gasteiger partial charge < -0.3 is 43.7 Å². The molecule has 12 heteroatoms. The van der Waals surface area contributed by atoms with Crippen LogP contribution in [0.5, 0.6) is 0 Å². The van der Waals surface area contributed by atoms with E-state index in [0.29, 0.717) is 52.9 Å². The molecule has 0 aromatic rings. The molecule has 0 unspecified atom stereocenters. The fraction of sp³-hybridized carbons (Fsp3) is 0.500. The number of carbonyl (C=O) groups excluding carboxylic acids is 2. The van der Waals surface area contributed by atoms with Crippen molar-refractivity contribution in [2.24, 2.45) is 0 Å². The first kappa shape index (κ1) is 43.1. The van der Waals surface area contributed by atoms with Gasteiger partial charge >= 0.3 is 17.9 Å². The Morgan fingerprint density at radius 2 is 0.786 bits per heavy atom. The third-order valence-electron chi connectivity index (χ3n) is 3.77. The molecule has 0 aromatic carbocycles. The predicted octanol–water partition coefficient (Wildman–Crippen LogP) is 2.58. The molecule has 0 aromatic heterocycles. The largest absolute Gasteiger partial charge is 0.478 e. The SMILES string of the molecule is C/C=C/C=C/C(=O)O.C/C=C/C=C/C(=O)OCCOCCOCCOC(=O)/C=C/C=C/C.OCCOCCOCCO. The zero-order valence-electron chi connectivity index (χ0n) is 24.9. The second-order valence-corrected chi connectivity index (χ2v) is 7.22. The Bertz CT molecular complexity index is 748. The van der Waals surface area contributed by atoms with Gasteiger partial charge in [0.2, 0.25) is 0 Å². The van der Waals surface area contributed by atoms with E-state index in [1.807, 2.05) is 32.9 Å². The smallest absolute Gasteiger partial charge is 0.330 e. The van der Waals surface area contributed by atoms with Gasteiger partial charge in [-0.25, -0.2) is 14.4 Å². The van der Waals surface area contributed by atoms with Crippen LogP contribution in [0.15, 0.2) is 72.9 Å². The molecule has 0 heterocycles. The fourth-order valence-electron chi connectivity index (χ4n) is 2.01. The van der Waals surface area contributed by atoms with Crippen molar-refractivity contribution in [2.75, 3.05) is 79.3 Å². The van der Waals surface area contributed by atoms with E-state index >= 15 is 0 Å². The van der Waals surface area contributed by atoms with E-state index in [4.69, 9.17) is 43.7 Å². The number of hydrogen-bond donors (Lipinski definition) is 3. The Kier molecular flexibility index (Phi) is 40.8. The van der Waals surface area contributed by atoms with Crippen molar-refractivity contribution in [3.63, 3.8) is 0 Å². The first-order chi connectivity index (χ1) is 20.4. The fourth-order valence-corrected chi connectivity index (χ4v) is 2.01. The lowest BCUT2D eigenvalue weighted by molar-refractivity contribution is -0.141. The average Bonchev–Trinajstić information content (AvgIpc) is 2.97. The van der Waals surface area contributed by atoms with Crippen LogP contribution in [0.3, 0.4) is 0 Å². The Morgan fingerprint density at radius 1 is 0.476 bits per heavy atom. The normalized spacial score (nSPS) is 11.4. The van der Waals surface area contributed by atoms with Crippen LogP contribution in [0, 0.1) is 0 Å². The zero-order chi connectivity index (χ0) is 31.9. The molecule has 3 N–H and O–H groups in total. The molecule has 12 nitrogen and oxygen atoms in total. The molecule has 0 aliphatic rings. The number of carboxylic acids is 1. The first-order valence-electron chi connectivity index (χ1n) is 13.4. The van der Waals surface area contributed by atoms with Gasteiger partial charge in [0, 0.05) is 18.2 Å². The van der Waals surface area contributed by atoms with E-state index in [2.05, 4.69) is 0 Å². The van der Waals surface area contributed by atoms with E-state index in [0.717, 1.165) is 6.08 Å². The highest BCUT2D eigenvalue weighted by Crippen LogP contribution is 1.87. The molecule has 240 valence electrons. The second-order valence-electron chi connectivity index (χ2n) is 7.22. The molecule has 0 spiro atoms. The van der Waals surface area contributed by atoms with Crippen LogP contribution in [0.2, 0.25) is 0 Å². The van der Waals surface area contributed by atoms with Gasteiger partial charge in [0.05, 0.1) is 66.1 Å². The van der Waals surface area contributed by atoms with Gasteiger partial charge in [-0.05, 0) is 20.8 Å². The van der Waals surface area contributed by atoms with Crippen molar-refractivity contribution in [3.8, 4) is 0 Å². The van der Waals surface area contributed by atoms with E-state index in [1.165, 1.54) is 18.2 Å². The number of aliphatic carboxylic acids is 1. The number of carbonyl (C=O) groups is 3. The lowest BCUT2D eigenvalue weighted by Gasteiger charge is -2.06. The summed E-state index contributed by atoms with van der Waals surface area (Å²) in [6.45, 7) is 9.01.